The molecule has 1 amide bonds. The summed E-state index contributed by atoms with van der Waals surface area (Å²) in [6, 6.07) is 16.4. The van der Waals surface area contributed by atoms with Gasteiger partial charge in [0.05, 0.1) is 11.9 Å². The first-order chi connectivity index (χ1) is 14.6. The number of nitrogens with zero attached hydrogens (tertiary/aromatic N) is 2. The third-order valence-corrected chi connectivity index (χ3v) is 5.32. The number of aryl methyl sites for hydroxylation is 1. The number of nitrogens with one attached hydrogen (secondary N) is 4. The number of anilines is 2. The molecule has 4 N–H and O–H groups in total. The highest BCUT2D eigenvalue weighted by molar-refractivity contribution is 6.19. The second-order valence-corrected chi connectivity index (χ2v) is 7.71. The van der Waals surface area contributed by atoms with Gasteiger partial charge >= 0.3 is 0 Å². The van der Waals surface area contributed by atoms with Crippen LogP contribution in [-0.4, -0.2) is 27.7 Å². The van der Waals surface area contributed by atoms with Gasteiger partial charge in [0.25, 0.3) is 0 Å². The molecule has 2 atom stereocenters. The smallest absolute Gasteiger partial charge is 0.225 e. The number of carbonyl (C=O) groups is 1. The Balaban J connectivity index is 1.35. The molecule has 8 heteroatoms. The van der Waals surface area contributed by atoms with Gasteiger partial charge < -0.3 is 10.6 Å². The molecule has 7 nitrogen and oxygen atoms in total. The molecule has 0 aliphatic carbocycles. The van der Waals surface area contributed by atoms with Gasteiger partial charge in [-0.3, -0.25) is 4.79 Å². The molecule has 1 aromatic heterocycles. The molecule has 30 heavy (non-hydrogen) atoms. The summed E-state index contributed by atoms with van der Waals surface area (Å²) in [5.74, 6) is 0.242. The lowest BCUT2D eigenvalue weighted by Crippen LogP contribution is -2.36. The third-order valence-electron chi connectivity index (χ3n) is 5.13. The predicted molar refractivity (Wildman–Crippen MR) is 120 cm³/mol. The fourth-order valence-electron chi connectivity index (χ4n) is 3.55. The summed E-state index contributed by atoms with van der Waals surface area (Å²) in [7, 11) is 0. The van der Waals surface area contributed by atoms with Crippen molar-refractivity contribution >= 4 is 28.9 Å². The minimum absolute atomic E-state index is 0.0758. The molecule has 0 saturated carbocycles. The molecule has 2 aromatic carbocycles. The number of hydrogen-bond donors (Lipinski definition) is 4. The van der Waals surface area contributed by atoms with Crippen molar-refractivity contribution in [3.63, 3.8) is 0 Å². The Labute approximate surface area is 180 Å². The van der Waals surface area contributed by atoms with Gasteiger partial charge in [0.15, 0.2) is 0 Å². The normalized spacial score (nSPS) is 18.3. The van der Waals surface area contributed by atoms with Crippen LogP contribution in [0.15, 0.2) is 60.9 Å². The van der Waals surface area contributed by atoms with Crippen LogP contribution in [0.3, 0.4) is 0 Å². The number of amides is 1. The van der Waals surface area contributed by atoms with E-state index in [1.54, 1.807) is 6.20 Å². The van der Waals surface area contributed by atoms with E-state index in [4.69, 9.17) is 11.6 Å². The maximum absolute atomic E-state index is 11.7. The summed E-state index contributed by atoms with van der Waals surface area (Å²) in [5, 5.41) is 10.7. The van der Waals surface area contributed by atoms with Crippen LogP contribution in [0.2, 0.25) is 0 Å². The molecule has 1 fully saturated rings. The van der Waals surface area contributed by atoms with Crippen LogP contribution in [0.4, 0.5) is 11.4 Å². The summed E-state index contributed by atoms with van der Waals surface area (Å²) in [5.41, 5.74) is 11.8. The largest absolute Gasteiger partial charge is 0.368 e. The quantitative estimate of drug-likeness (QED) is 0.434. The Bertz CT molecular complexity index is 989. The number of halogens is 1. The molecule has 156 valence electrons. The number of carbonyl (C=O) groups excluding carboxylic acids is 1. The van der Waals surface area contributed by atoms with Crippen molar-refractivity contribution in [2.45, 2.75) is 32.0 Å². The summed E-state index contributed by atoms with van der Waals surface area (Å²) in [4.78, 5) is 11.7. The highest BCUT2D eigenvalue weighted by atomic mass is 35.5. The molecule has 1 aliphatic rings. The Morgan fingerprint density at radius 1 is 1.23 bits per heavy atom. The van der Waals surface area contributed by atoms with Gasteiger partial charge in [0.1, 0.15) is 0 Å². The molecule has 0 radical (unpaired) electrons. The lowest BCUT2D eigenvalue weighted by molar-refractivity contribution is -0.115. The van der Waals surface area contributed by atoms with Crippen LogP contribution in [0.25, 0.3) is 5.69 Å². The minimum Gasteiger partial charge on any atom is -0.368 e. The number of hydrazine groups is 1. The number of benzene rings is 2. The average molecular weight is 425 g/mol. The van der Waals surface area contributed by atoms with Crippen molar-refractivity contribution < 1.29 is 4.79 Å². The molecule has 1 saturated heterocycles. The zero-order valence-electron chi connectivity index (χ0n) is 16.7. The van der Waals surface area contributed by atoms with Gasteiger partial charge in [-0.2, -0.15) is 5.10 Å². The van der Waals surface area contributed by atoms with Crippen LogP contribution in [0, 0.1) is 6.92 Å². The van der Waals surface area contributed by atoms with Gasteiger partial charge in [0, 0.05) is 48.5 Å². The lowest BCUT2D eigenvalue weighted by Gasteiger charge is -2.17. The summed E-state index contributed by atoms with van der Waals surface area (Å²) in [6.45, 7) is 2.02. The summed E-state index contributed by atoms with van der Waals surface area (Å²) >= 11 is 5.61. The average Bonchev–Trinajstić information content (AvgIpc) is 3.43. The predicted octanol–water partition coefficient (Wildman–Crippen LogP) is 3.73. The minimum atomic E-state index is -0.0758. The Morgan fingerprint density at radius 2 is 2.07 bits per heavy atom. The number of alkyl halides is 1. The number of rotatable bonds is 7. The van der Waals surface area contributed by atoms with Crippen molar-refractivity contribution in [3.05, 3.63) is 72.1 Å². The van der Waals surface area contributed by atoms with Crippen LogP contribution in [0.1, 0.15) is 30.0 Å². The molecule has 0 bridgehead atoms. The monoisotopic (exact) mass is 424 g/mol. The van der Waals surface area contributed by atoms with Gasteiger partial charge in [0.2, 0.25) is 5.91 Å². The van der Waals surface area contributed by atoms with E-state index in [1.165, 1.54) is 5.56 Å². The van der Waals surface area contributed by atoms with E-state index in [0.717, 1.165) is 29.0 Å². The highest BCUT2D eigenvalue weighted by Gasteiger charge is 2.25. The zero-order valence-corrected chi connectivity index (χ0v) is 17.5. The first kappa shape index (κ1) is 20.4. The Morgan fingerprint density at radius 3 is 2.77 bits per heavy atom. The third kappa shape index (κ3) is 4.81. The first-order valence-corrected chi connectivity index (χ1v) is 10.5. The van der Waals surface area contributed by atoms with E-state index in [9.17, 15) is 4.79 Å². The molecular formula is C22H25ClN6O. The maximum atomic E-state index is 11.7. The van der Waals surface area contributed by atoms with Crippen molar-refractivity contribution in [3.8, 4) is 5.69 Å². The van der Waals surface area contributed by atoms with Crippen molar-refractivity contribution in [2.75, 3.05) is 16.5 Å². The Kier molecular flexibility index (Phi) is 6.32. The molecular weight excluding hydrogens is 400 g/mol. The Hall–Kier alpha value is -2.87. The second kappa shape index (κ2) is 9.30. The van der Waals surface area contributed by atoms with Gasteiger partial charge in [-0.15, -0.1) is 11.6 Å². The summed E-state index contributed by atoms with van der Waals surface area (Å²) < 4.78 is 1.85. The second-order valence-electron chi connectivity index (χ2n) is 7.33. The molecule has 4 rings (SSSR count). The van der Waals surface area contributed by atoms with Crippen LogP contribution >= 0.6 is 11.6 Å². The molecule has 0 spiro atoms. The van der Waals surface area contributed by atoms with Crippen molar-refractivity contribution in [2.24, 2.45) is 0 Å². The van der Waals surface area contributed by atoms with Gasteiger partial charge in [-0.1, -0.05) is 12.1 Å². The van der Waals surface area contributed by atoms with Gasteiger partial charge in [-0.05, 0) is 54.4 Å². The first-order valence-electron chi connectivity index (χ1n) is 9.96. The van der Waals surface area contributed by atoms with E-state index < -0.39 is 0 Å². The van der Waals surface area contributed by atoms with E-state index in [-0.39, 0.29) is 18.1 Å². The fraction of sp³-hybridized carbons (Fsp3) is 0.273. The molecule has 1 aliphatic heterocycles. The summed E-state index contributed by atoms with van der Waals surface area (Å²) in [6.07, 6.45) is 5.00. The van der Waals surface area contributed by atoms with E-state index in [2.05, 4.69) is 50.8 Å². The van der Waals surface area contributed by atoms with E-state index in [0.29, 0.717) is 12.3 Å². The van der Waals surface area contributed by atoms with Crippen LogP contribution < -0.4 is 21.5 Å². The van der Waals surface area contributed by atoms with Crippen LogP contribution in [0.5, 0.6) is 0 Å². The number of hydrogen-bond acceptors (Lipinski definition) is 5. The van der Waals surface area contributed by atoms with Crippen molar-refractivity contribution in [1.29, 1.82) is 0 Å². The number of aromatic nitrogens is 2. The van der Waals surface area contributed by atoms with E-state index in [1.807, 2.05) is 42.1 Å². The zero-order chi connectivity index (χ0) is 20.9. The maximum Gasteiger partial charge on any atom is 0.225 e. The van der Waals surface area contributed by atoms with Crippen molar-refractivity contribution in [1.82, 2.24) is 20.6 Å². The standard InChI is InChI=1S/C22H25ClN6O/c1-15-13-17(25-22(30)9-10-23)5-8-19(15)26-21-14-20(27-28-21)16-3-6-18(7-4-16)29-12-2-11-24-29/h2-8,11-13,20-21,26-28H,9-10,14H2,1H3,(H,25,30). The molecule has 2 unspecified atom stereocenters. The van der Waals surface area contributed by atoms with E-state index >= 15 is 0 Å². The van der Waals surface area contributed by atoms with Gasteiger partial charge in [-0.25, -0.2) is 15.5 Å². The molecule has 2 heterocycles. The van der Waals surface area contributed by atoms with Crippen LogP contribution in [-0.2, 0) is 4.79 Å². The lowest BCUT2D eigenvalue weighted by atomic mass is 10.0. The highest BCUT2D eigenvalue weighted by Crippen LogP contribution is 2.26. The fourth-order valence-corrected chi connectivity index (χ4v) is 3.72. The SMILES string of the molecule is Cc1cc(NC(=O)CCCl)ccc1NC1CC(c2ccc(-n3cccn3)cc2)NN1. The molecule has 3 aromatic rings. The topological polar surface area (TPSA) is 83.0 Å².